The molecule has 0 saturated carbocycles. The molecule has 1 aromatic heterocycles. The van der Waals surface area contributed by atoms with Crippen LogP contribution in [0, 0.1) is 0 Å². The van der Waals surface area contributed by atoms with Gasteiger partial charge in [-0.3, -0.25) is 4.57 Å². The number of hydrogen-bond donors (Lipinski definition) is 1. The maximum atomic E-state index is 6.01. The normalized spacial score (nSPS) is 10.8. The minimum Gasteiger partial charge on any atom is -0.497 e. The van der Waals surface area contributed by atoms with Crippen LogP contribution in [0.3, 0.4) is 0 Å². The third kappa shape index (κ3) is 2.06. The zero-order valence-corrected chi connectivity index (χ0v) is 11.9. The van der Waals surface area contributed by atoms with Crippen molar-refractivity contribution in [3.05, 3.63) is 46.9 Å². The molecule has 0 aliphatic rings. The van der Waals surface area contributed by atoms with Crippen molar-refractivity contribution in [3.8, 4) is 11.4 Å². The summed E-state index contributed by atoms with van der Waals surface area (Å²) in [6, 6.07) is 13.6. The second-order valence-electron chi connectivity index (χ2n) is 4.14. The Labute approximate surface area is 118 Å². The van der Waals surface area contributed by atoms with Crippen molar-refractivity contribution in [1.29, 1.82) is 0 Å². The first-order chi connectivity index (χ1) is 9.19. The first kappa shape index (κ1) is 12.0. The van der Waals surface area contributed by atoms with Crippen molar-refractivity contribution in [1.82, 2.24) is 9.55 Å². The predicted octanol–water partition coefficient (Wildman–Crippen LogP) is 3.38. The van der Waals surface area contributed by atoms with Crippen LogP contribution in [-0.4, -0.2) is 16.7 Å². The van der Waals surface area contributed by atoms with Gasteiger partial charge in [0.15, 0.2) is 0 Å². The van der Waals surface area contributed by atoms with E-state index in [1.807, 2.05) is 47.0 Å². The maximum absolute atomic E-state index is 6.01. The number of methoxy groups -OCH3 is 1. The summed E-state index contributed by atoms with van der Waals surface area (Å²) < 4.78 is 8.18. The number of imidazole rings is 1. The van der Waals surface area contributed by atoms with E-state index < -0.39 is 0 Å². The second kappa shape index (κ2) is 4.59. The summed E-state index contributed by atoms with van der Waals surface area (Å²) in [5, 5.41) is 0. The molecule has 2 aromatic carbocycles. The molecule has 0 amide bonds. The standard InChI is InChI=1S/C14H12BrN3O/c1-19-11-6-7-12-13(8-11)18(14(16)17-12)10-4-2-9(15)3-5-10/h2-8H,1H3,(H2,16,17). The van der Waals surface area contributed by atoms with E-state index in [9.17, 15) is 0 Å². The number of nitrogens with zero attached hydrogens (tertiary/aromatic N) is 2. The number of aromatic nitrogens is 2. The Morgan fingerprint density at radius 1 is 1.16 bits per heavy atom. The highest BCUT2D eigenvalue weighted by molar-refractivity contribution is 9.10. The van der Waals surface area contributed by atoms with E-state index in [1.165, 1.54) is 0 Å². The van der Waals surface area contributed by atoms with Crippen molar-refractivity contribution in [2.75, 3.05) is 12.8 Å². The molecule has 0 unspecified atom stereocenters. The van der Waals surface area contributed by atoms with Crippen molar-refractivity contribution in [3.63, 3.8) is 0 Å². The topological polar surface area (TPSA) is 53.1 Å². The predicted molar refractivity (Wildman–Crippen MR) is 79.7 cm³/mol. The van der Waals surface area contributed by atoms with E-state index in [4.69, 9.17) is 10.5 Å². The number of rotatable bonds is 2. The molecule has 0 spiro atoms. The SMILES string of the molecule is COc1ccc2nc(N)n(-c3ccc(Br)cc3)c2c1. The zero-order valence-electron chi connectivity index (χ0n) is 10.3. The minimum atomic E-state index is 0.463. The van der Waals surface area contributed by atoms with Crippen LogP contribution >= 0.6 is 15.9 Å². The molecule has 0 saturated heterocycles. The van der Waals surface area contributed by atoms with Gasteiger partial charge in [-0.15, -0.1) is 0 Å². The van der Waals surface area contributed by atoms with Gasteiger partial charge in [-0.25, -0.2) is 4.98 Å². The fourth-order valence-corrected chi connectivity index (χ4v) is 2.33. The number of benzene rings is 2. The fraction of sp³-hybridized carbons (Fsp3) is 0.0714. The van der Waals surface area contributed by atoms with E-state index in [2.05, 4.69) is 20.9 Å². The van der Waals surface area contributed by atoms with E-state index in [0.29, 0.717) is 5.95 Å². The number of nitrogens with two attached hydrogens (primary N) is 1. The lowest BCUT2D eigenvalue weighted by atomic mass is 10.2. The summed E-state index contributed by atoms with van der Waals surface area (Å²) in [6.45, 7) is 0. The molecule has 2 N–H and O–H groups in total. The number of anilines is 1. The molecule has 96 valence electrons. The van der Waals surface area contributed by atoms with Crippen LogP contribution in [0.2, 0.25) is 0 Å². The van der Waals surface area contributed by atoms with Gasteiger partial charge in [0, 0.05) is 16.2 Å². The van der Waals surface area contributed by atoms with Gasteiger partial charge < -0.3 is 10.5 Å². The Morgan fingerprint density at radius 2 is 1.89 bits per heavy atom. The summed E-state index contributed by atoms with van der Waals surface area (Å²) in [6.07, 6.45) is 0. The van der Waals surface area contributed by atoms with E-state index >= 15 is 0 Å². The molecule has 0 aliphatic carbocycles. The van der Waals surface area contributed by atoms with Gasteiger partial charge >= 0.3 is 0 Å². The lowest BCUT2D eigenvalue weighted by Gasteiger charge is -2.07. The molecule has 5 heteroatoms. The average Bonchev–Trinajstić information content (AvgIpc) is 2.75. The first-order valence-electron chi connectivity index (χ1n) is 5.77. The van der Waals surface area contributed by atoms with Crippen LogP contribution in [0.15, 0.2) is 46.9 Å². The number of fused-ring (bicyclic) bond motifs is 1. The highest BCUT2D eigenvalue weighted by Gasteiger charge is 2.10. The van der Waals surface area contributed by atoms with Gasteiger partial charge in [-0.05, 0) is 36.4 Å². The lowest BCUT2D eigenvalue weighted by Crippen LogP contribution is -2.00. The molecule has 3 aromatic rings. The smallest absolute Gasteiger partial charge is 0.205 e. The third-order valence-electron chi connectivity index (χ3n) is 2.97. The Morgan fingerprint density at radius 3 is 2.58 bits per heavy atom. The van der Waals surface area contributed by atoms with Crippen LogP contribution in [0.25, 0.3) is 16.7 Å². The lowest BCUT2D eigenvalue weighted by molar-refractivity contribution is 0.415. The van der Waals surface area contributed by atoms with Crippen molar-refractivity contribution in [2.45, 2.75) is 0 Å². The molecule has 19 heavy (non-hydrogen) atoms. The molecular weight excluding hydrogens is 306 g/mol. The largest absolute Gasteiger partial charge is 0.497 e. The molecule has 0 atom stereocenters. The first-order valence-corrected chi connectivity index (χ1v) is 6.56. The average molecular weight is 318 g/mol. The van der Waals surface area contributed by atoms with Crippen LogP contribution in [0.4, 0.5) is 5.95 Å². The summed E-state index contributed by atoms with van der Waals surface area (Å²) in [7, 11) is 1.64. The Hall–Kier alpha value is -2.01. The molecule has 0 aliphatic heterocycles. The third-order valence-corrected chi connectivity index (χ3v) is 3.50. The zero-order chi connectivity index (χ0) is 13.4. The van der Waals surface area contributed by atoms with Gasteiger partial charge in [0.25, 0.3) is 0 Å². The molecule has 0 fully saturated rings. The second-order valence-corrected chi connectivity index (χ2v) is 5.05. The van der Waals surface area contributed by atoms with Crippen molar-refractivity contribution in [2.24, 2.45) is 0 Å². The number of halogens is 1. The number of ether oxygens (including phenoxy) is 1. The highest BCUT2D eigenvalue weighted by atomic mass is 79.9. The van der Waals surface area contributed by atoms with E-state index in [0.717, 1.165) is 26.9 Å². The maximum Gasteiger partial charge on any atom is 0.205 e. The molecular formula is C14H12BrN3O. The highest BCUT2D eigenvalue weighted by Crippen LogP contribution is 2.27. The Kier molecular flexibility index (Phi) is 2.91. The summed E-state index contributed by atoms with van der Waals surface area (Å²) >= 11 is 3.42. The van der Waals surface area contributed by atoms with Crippen LogP contribution in [0.5, 0.6) is 5.75 Å². The summed E-state index contributed by atoms with van der Waals surface area (Å²) in [4.78, 5) is 4.36. The Balaban J connectivity index is 2.26. The van der Waals surface area contributed by atoms with E-state index in [-0.39, 0.29) is 0 Å². The van der Waals surface area contributed by atoms with Crippen LogP contribution in [0.1, 0.15) is 0 Å². The van der Waals surface area contributed by atoms with Gasteiger partial charge in [-0.1, -0.05) is 15.9 Å². The van der Waals surface area contributed by atoms with Crippen molar-refractivity contribution >= 4 is 32.9 Å². The van der Waals surface area contributed by atoms with Gasteiger partial charge in [0.1, 0.15) is 5.75 Å². The molecule has 0 bridgehead atoms. The van der Waals surface area contributed by atoms with Crippen LogP contribution in [-0.2, 0) is 0 Å². The van der Waals surface area contributed by atoms with Gasteiger partial charge in [0.05, 0.1) is 18.1 Å². The molecule has 4 nitrogen and oxygen atoms in total. The monoisotopic (exact) mass is 317 g/mol. The summed E-state index contributed by atoms with van der Waals surface area (Å²) in [5.41, 5.74) is 8.76. The quantitative estimate of drug-likeness (QED) is 0.788. The molecule has 0 radical (unpaired) electrons. The van der Waals surface area contributed by atoms with Crippen molar-refractivity contribution < 1.29 is 4.74 Å². The van der Waals surface area contributed by atoms with Crippen LogP contribution < -0.4 is 10.5 Å². The minimum absolute atomic E-state index is 0.463. The summed E-state index contributed by atoms with van der Waals surface area (Å²) in [5.74, 6) is 1.25. The number of hydrogen-bond acceptors (Lipinski definition) is 3. The van der Waals surface area contributed by atoms with Gasteiger partial charge in [-0.2, -0.15) is 0 Å². The van der Waals surface area contributed by atoms with Gasteiger partial charge in [0.2, 0.25) is 5.95 Å². The number of nitrogen functional groups attached to an aromatic ring is 1. The Bertz CT molecular complexity index is 734. The fourth-order valence-electron chi connectivity index (χ4n) is 2.06. The van der Waals surface area contributed by atoms with E-state index in [1.54, 1.807) is 7.11 Å². The molecule has 1 heterocycles. The molecule has 3 rings (SSSR count).